The number of thiazole rings is 1. The van der Waals surface area contributed by atoms with Gasteiger partial charge in [-0.15, -0.1) is 11.3 Å². The third-order valence-corrected chi connectivity index (χ3v) is 4.44. The van der Waals surface area contributed by atoms with Crippen LogP contribution >= 0.6 is 11.3 Å². The Hall–Kier alpha value is -3.06. The summed E-state index contributed by atoms with van der Waals surface area (Å²) in [6, 6.07) is 13.9. The molecule has 3 aromatic rings. The molecule has 0 radical (unpaired) electrons. The van der Waals surface area contributed by atoms with Gasteiger partial charge in [-0.2, -0.15) is 0 Å². The Labute approximate surface area is 148 Å². The number of nitrogens with one attached hydrogen (secondary N) is 1. The van der Waals surface area contributed by atoms with Crippen LogP contribution in [0.1, 0.15) is 11.3 Å². The third-order valence-electron chi connectivity index (χ3n) is 3.50. The van der Waals surface area contributed by atoms with Crippen LogP contribution in [-0.2, 0) is 11.2 Å². The maximum Gasteiger partial charge on any atom is 0.271 e. The number of hydrogen-bond donors (Lipinski definition) is 1. The quantitative estimate of drug-likeness (QED) is 0.550. The number of hydrogen-bond acceptors (Lipinski definition) is 5. The Morgan fingerprint density at radius 1 is 1.24 bits per heavy atom. The van der Waals surface area contributed by atoms with Crippen LogP contribution in [0.5, 0.6) is 0 Å². The Morgan fingerprint density at radius 3 is 2.80 bits per heavy atom. The van der Waals surface area contributed by atoms with E-state index in [1.165, 1.54) is 29.5 Å². The van der Waals surface area contributed by atoms with E-state index < -0.39 is 4.92 Å². The van der Waals surface area contributed by atoms with Crippen molar-refractivity contribution in [2.75, 3.05) is 5.32 Å². The van der Waals surface area contributed by atoms with Crippen LogP contribution < -0.4 is 5.32 Å². The van der Waals surface area contributed by atoms with Crippen LogP contribution in [-0.4, -0.2) is 15.8 Å². The predicted octanol–water partition coefficient (Wildman–Crippen LogP) is 4.21. The second kappa shape index (κ2) is 7.23. The maximum atomic E-state index is 12.1. The molecule has 6 nitrogen and oxygen atoms in total. The highest BCUT2D eigenvalue weighted by Crippen LogP contribution is 2.25. The van der Waals surface area contributed by atoms with Gasteiger partial charge in [0.1, 0.15) is 5.01 Å². The molecule has 0 bridgehead atoms. The Bertz CT molecular complexity index is 937. The van der Waals surface area contributed by atoms with Gasteiger partial charge in [0.05, 0.1) is 17.0 Å². The van der Waals surface area contributed by atoms with Crippen molar-refractivity contribution >= 4 is 28.6 Å². The van der Waals surface area contributed by atoms with Crippen LogP contribution in [0.15, 0.2) is 53.9 Å². The van der Waals surface area contributed by atoms with Gasteiger partial charge in [0, 0.05) is 28.8 Å². The van der Waals surface area contributed by atoms with Gasteiger partial charge in [-0.1, -0.05) is 29.8 Å². The summed E-state index contributed by atoms with van der Waals surface area (Å²) >= 11 is 1.49. The van der Waals surface area contributed by atoms with Gasteiger partial charge in [-0.25, -0.2) is 4.98 Å². The van der Waals surface area contributed by atoms with Crippen LogP contribution in [0, 0.1) is 17.0 Å². The number of benzene rings is 2. The SMILES string of the molecule is Cc1cccc(-c2nc(CC(=O)Nc3cccc([N+](=O)[O-])c3)cs2)c1. The van der Waals surface area contributed by atoms with Crippen molar-refractivity contribution in [3.05, 3.63) is 75.3 Å². The number of amides is 1. The van der Waals surface area contributed by atoms with E-state index in [2.05, 4.69) is 10.3 Å². The number of carbonyl (C=O) groups is 1. The van der Waals surface area contributed by atoms with E-state index in [9.17, 15) is 14.9 Å². The molecule has 2 aromatic carbocycles. The van der Waals surface area contributed by atoms with Crippen molar-refractivity contribution in [1.29, 1.82) is 0 Å². The van der Waals surface area contributed by atoms with Crippen LogP contribution in [0.2, 0.25) is 0 Å². The molecule has 7 heteroatoms. The standard InChI is InChI=1S/C18H15N3O3S/c1-12-4-2-5-13(8-12)18-20-15(11-25-18)10-17(22)19-14-6-3-7-16(9-14)21(23)24/h2-9,11H,10H2,1H3,(H,19,22). The minimum atomic E-state index is -0.496. The van der Waals surface area contributed by atoms with E-state index in [4.69, 9.17) is 0 Å². The number of carbonyl (C=O) groups excluding carboxylic acids is 1. The average Bonchev–Trinajstić information content (AvgIpc) is 3.03. The zero-order valence-electron chi connectivity index (χ0n) is 13.4. The highest BCUT2D eigenvalue weighted by molar-refractivity contribution is 7.13. The molecule has 3 rings (SSSR count). The van der Waals surface area contributed by atoms with Crippen molar-refractivity contribution < 1.29 is 9.72 Å². The monoisotopic (exact) mass is 353 g/mol. The van der Waals surface area contributed by atoms with Gasteiger partial charge in [-0.3, -0.25) is 14.9 Å². The molecule has 25 heavy (non-hydrogen) atoms. The van der Waals surface area contributed by atoms with Gasteiger partial charge < -0.3 is 5.32 Å². The average molecular weight is 353 g/mol. The first-order chi connectivity index (χ1) is 12.0. The summed E-state index contributed by atoms with van der Waals surface area (Å²) in [7, 11) is 0. The molecule has 0 saturated heterocycles. The van der Waals surface area contributed by atoms with Crippen molar-refractivity contribution in [2.45, 2.75) is 13.3 Å². The molecule has 0 aliphatic heterocycles. The van der Waals surface area contributed by atoms with E-state index >= 15 is 0 Å². The number of aromatic nitrogens is 1. The van der Waals surface area contributed by atoms with E-state index in [0.717, 1.165) is 16.1 Å². The molecule has 0 saturated carbocycles. The Balaban J connectivity index is 1.68. The lowest BCUT2D eigenvalue weighted by Gasteiger charge is -2.03. The van der Waals surface area contributed by atoms with Crippen LogP contribution in [0.3, 0.4) is 0 Å². The summed E-state index contributed by atoms with van der Waals surface area (Å²) in [5, 5.41) is 16.2. The van der Waals surface area contributed by atoms with Gasteiger partial charge in [0.15, 0.2) is 0 Å². The van der Waals surface area contributed by atoms with Crippen LogP contribution in [0.4, 0.5) is 11.4 Å². The lowest BCUT2D eigenvalue weighted by atomic mass is 10.1. The molecule has 0 atom stereocenters. The lowest BCUT2D eigenvalue weighted by molar-refractivity contribution is -0.384. The molecule has 0 fully saturated rings. The smallest absolute Gasteiger partial charge is 0.271 e. The van der Waals surface area contributed by atoms with Gasteiger partial charge in [0.2, 0.25) is 5.91 Å². The topological polar surface area (TPSA) is 85.1 Å². The largest absolute Gasteiger partial charge is 0.325 e. The van der Waals surface area contributed by atoms with E-state index in [1.54, 1.807) is 6.07 Å². The van der Waals surface area contributed by atoms with Crippen molar-refractivity contribution in [2.24, 2.45) is 0 Å². The van der Waals surface area contributed by atoms with E-state index in [-0.39, 0.29) is 18.0 Å². The van der Waals surface area contributed by atoms with Crippen LogP contribution in [0.25, 0.3) is 10.6 Å². The number of nitro benzene ring substituents is 1. The van der Waals surface area contributed by atoms with Crippen molar-refractivity contribution in [3.63, 3.8) is 0 Å². The fourth-order valence-electron chi connectivity index (χ4n) is 2.37. The maximum absolute atomic E-state index is 12.1. The number of anilines is 1. The molecular formula is C18H15N3O3S. The summed E-state index contributed by atoms with van der Waals surface area (Å²) in [4.78, 5) is 26.9. The van der Waals surface area contributed by atoms with Gasteiger partial charge in [0.25, 0.3) is 5.69 Å². The highest BCUT2D eigenvalue weighted by Gasteiger charge is 2.11. The molecule has 0 aliphatic carbocycles. The lowest BCUT2D eigenvalue weighted by Crippen LogP contribution is -2.14. The fraction of sp³-hybridized carbons (Fsp3) is 0.111. The number of rotatable bonds is 5. The second-order valence-corrected chi connectivity index (χ2v) is 6.40. The predicted molar refractivity (Wildman–Crippen MR) is 97.7 cm³/mol. The normalized spacial score (nSPS) is 10.4. The molecule has 0 aliphatic rings. The zero-order valence-corrected chi connectivity index (χ0v) is 14.2. The summed E-state index contributed by atoms with van der Waals surface area (Å²) < 4.78 is 0. The molecule has 1 N–H and O–H groups in total. The molecular weight excluding hydrogens is 338 g/mol. The summed E-state index contributed by atoms with van der Waals surface area (Å²) in [5.41, 5.74) is 3.18. The zero-order chi connectivity index (χ0) is 17.8. The number of nitro groups is 1. The van der Waals surface area contributed by atoms with Gasteiger partial charge >= 0.3 is 0 Å². The number of non-ortho nitro benzene ring substituents is 1. The highest BCUT2D eigenvalue weighted by atomic mass is 32.1. The molecule has 1 heterocycles. The Morgan fingerprint density at radius 2 is 2.04 bits per heavy atom. The summed E-state index contributed by atoms with van der Waals surface area (Å²) in [6.45, 7) is 2.02. The molecule has 0 spiro atoms. The van der Waals surface area contributed by atoms with E-state index in [0.29, 0.717) is 11.4 Å². The summed E-state index contributed by atoms with van der Waals surface area (Å²) in [5.74, 6) is -0.262. The minimum absolute atomic E-state index is 0.0619. The first kappa shape index (κ1) is 16.8. The van der Waals surface area contributed by atoms with Gasteiger partial charge in [-0.05, 0) is 19.1 Å². The molecule has 1 aromatic heterocycles. The molecule has 1 amide bonds. The first-order valence-corrected chi connectivity index (χ1v) is 8.45. The van der Waals surface area contributed by atoms with E-state index in [1.807, 2.05) is 36.6 Å². The Kier molecular flexibility index (Phi) is 4.85. The minimum Gasteiger partial charge on any atom is -0.325 e. The van der Waals surface area contributed by atoms with Crippen molar-refractivity contribution in [1.82, 2.24) is 4.98 Å². The molecule has 0 unspecified atom stereocenters. The summed E-state index contributed by atoms with van der Waals surface area (Å²) in [6.07, 6.45) is 0.116. The second-order valence-electron chi connectivity index (χ2n) is 5.55. The fourth-order valence-corrected chi connectivity index (χ4v) is 3.18. The first-order valence-electron chi connectivity index (χ1n) is 7.57. The molecule has 126 valence electrons. The number of nitrogens with zero attached hydrogens (tertiary/aromatic N) is 2. The van der Waals surface area contributed by atoms with Crippen molar-refractivity contribution in [3.8, 4) is 10.6 Å². The number of aryl methyl sites for hydroxylation is 1. The third kappa shape index (κ3) is 4.27.